The molecule has 0 amide bonds. The van der Waals surface area contributed by atoms with E-state index in [2.05, 4.69) is 0 Å². The number of methoxy groups -OCH3 is 1. The van der Waals surface area contributed by atoms with Crippen molar-refractivity contribution in [2.24, 2.45) is 5.92 Å². The van der Waals surface area contributed by atoms with Crippen molar-refractivity contribution in [1.82, 2.24) is 0 Å². The molecule has 3 heteroatoms. The van der Waals surface area contributed by atoms with Crippen LogP contribution in [0.25, 0.3) is 0 Å². The molecule has 0 radical (unpaired) electrons. The molecule has 0 spiro atoms. The fraction of sp³-hybridized carbons (Fsp3) is 0.467. The van der Waals surface area contributed by atoms with E-state index in [0.717, 1.165) is 18.4 Å². The highest BCUT2D eigenvalue weighted by Gasteiger charge is 2.33. The molecule has 3 nitrogen and oxygen atoms in total. The number of ether oxygens (including phenoxy) is 1. The molecule has 96 valence electrons. The van der Waals surface area contributed by atoms with Crippen LogP contribution in [0.2, 0.25) is 0 Å². The minimum absolute atomic E-state index is 0.0337. The van der Waals surface area contributed by atoms with Crippen molar-refractivity contribution in [3.8, 4) is 0 Å². The van der Waals surface area contributed by atoms with Gasteiger partial charge in [-0.1, -0.05) is 30.3 Å². The van der Waals surface area contributed by atoms with Crippen LogP contribution in [-0.2, 0) is 14.3 Å². The molecule has 1 saturated carbocycles. The molecule has 1 fully saturated rings. The molecule has 0 heterocycles. The maximum atomic E-state index is 11.9. The number of rotatable bonds is 2. The standard InChI is InChI=1S/C15H18O3/c1-18-15(17)13-9-5-8-12(16)10-14(13)11-6-3-2-4-7-11/h2-4,6-7,13-14H,5,8-10H2,1H3/t13-,14+/m0/s1. The lowest BCUT2D eigenvalue weighted by molar-refractivity contribution is -0.146. The Morgan fingerprint density at radius 2 is 2.00 bits per heavy atom. The molecule has 1 aromatic rings. The Morgan fingerprint density at radius 1 is 1.28 bits per heavy atom. The van der Waals surface area contributed by atoms with Crippen LogP contribution in [0.4, 0.5) is 0 Å². The average molecular weight is 246 g/mol. The number of ketones is 1. The van der Waals surface area contributed by atoms with Crippen LogP contribution >= 0.6 is 0 Å². The van der Waals surface area contributed by atoms with Crippen LogP contribution in [0.3, 0.4) is 0 Å². The van der Waals surface area contributed by atoms with E-state index in [-0.39, 0.29) is 23.6 Å². The maximum Gasteiger partial charge on any atom is 0.309 e. The van der Waals surface area contributed by atoms with Gasteiger partial charge in [-0.05, 0) is 18.4 Å². The second-order valence-electron chi connectivity index (χ2n) is 4.78. The Hall–Kier alpha value is -1.64. The van der Waals surface area contributed by atoms with Gasteiger partial charge in [0.05, 0.1) is 13.0 Å². The summed E-state index contributed by atoms with van der Waals surface area (Å²) in [5, 5.41) is 0. The number of benzene rings is 1. The zero-order valence-corrected chi connectivity index (χ0v) is 10.6. The van der Waals surface area contributed by atoms with Crippen LogP contribution in [0, 0.1) is 5.92 Å². The van der Waals surface area contributed by atoms with Gasteiger partial charge in [0, 0.05) is 18.8 Å². The molecule has 0 saturated heterocycles. The van der Waals surface area contributed by atoms with Gasteiger partial charge < -0.3 is 4.74 Å². The second-order valence-corrected chi connectivity index (χ2v) is 4.78. The molecule has 2 atom stereocenters. The molecular weight excluding hydrogens is 228 g/mol. The van der Waals surface area contributed by atoms with Gasteiger partial charge in [0.2, 0.25) is 0 Å². The molecule has 1 aliphatic carbocycles. The summed E-state index contributed by atoms with van der Waals surface area (Å²) < 4.78 is 4.88. The highest BCUT2D eigenvalue weighted by atomic mass is 16.5. The highest BCUT2D eigenvalue weighted by molar-refractivity contribution is 5.82. The summed E-state index contributed by atoms with van der Waals surface area (Å²) in [6.07, 6.45) is 2.54. The summed E-state index contributed by atoms with van der Waals surface area (Å²) in [7, 11) is 1.41. The van der Waals surface area contributed by atoms with Crippen molar-refractivity contribution in [2.45, 2.75) is 31.6 Å². The van der Waals surface area contributed by atoms with Crippen molar-refractivity contribution in [3.63, 3.8) is 0 Å². The first-order chi connectivity index (χ1) is 8.72. The second kappa shape index (κ2) is 5.80. The molecule has 0 unspecified atom stereocenters. The van der Waals surface area contributed by atoms with Crippen LogP contribution in [0.1, 0.15) is 37.2 Å². The lowest BCUT2D eigenvalue weighted by Gasteiger charge is -2.22. The summed E-state index contributed by atoms with van der Waals surface area (Å²) in [5.74, 6) is -0.175. The highest BCUT2D eigenvalue weighted by Crippen LogP contribution is 2.35. The summed E-state index contributed by atoms with van der Waals surface area (Å²) >= 11 is 0. The third-order valence-electron chi connectivity index (χ3n) is 3.64. The first-order valence-electron chi connectivity index (χ1n) is 6.37. The number of carbonyl (C=O) groups excluding carboxylic acids is 2. The topological polar surface area (TPSA) is 43.4 Å². The van der Waals surface area contributed by atoms with Gasteiger partial charge in [0.15, 0.2) is 0 Å². The van der Waals surface area contributed by atoms with Crippen LogP contribution in [0.15, 0.2) is 30.3 Å². The molecule has 0 N–H and O–H groups in total. The smallest absolute Gasteiger partial charge is 0.309 e. The number of hydrogen-bond donors (Lipinski definition) is 0. The van der Waals surface area contributed by atoms with Gasteiger partial charge in [-0.2, -0.15) is 0 Å². The number of esters is 1. The van der Waals surface area contributed by atoms with Crippen LogP contribution < -0.4 is 0 Å². The molecule has 1 aliphatic rings. The summed E-state index contributed by atoms with van der Waals surface area (Å²) in [5.41, 5.74) is 1.06. The molecule has 18 heavy (non-hydrogen) atoms. The van der Waals surface area contributed by atoms with Crippen molar-refractivity contribution >= 4 is 11.8 Å². The van der Waals surface area contributed by atoms with Gasteiger partial charge >= 0.3 is 5.97 Å². The van der Waals surface area contributed by atoms with Crippen molar-refractivity contribution in [3.05, 3.63) is 35.9 Å². The SMILES string of the molecule is COC(=O)[C@H]1CCCC(=O)C[C@@H]1c1ccccc1. The quantitative estimate of drug-likeness (QED) is 0.595. The zero-order chi connectivity index (χ0) is 13.0. The number of Topliss-reactive ketones (excluding diaryl/α,β-unsaturated/α-hetero) is 1. The van der Waals surface area contributed by atoms with E-state index in [9.17, 15) is 9.59 Å². The Kier molecular flexibility index (Phi) is 4.13. The first-order valence-corrected chi connectivity index (χ1v) is 6.37. The Morgan fingerprint density at radius 3 is 2.67 bits per heavy atom. The third-order valence-corrected chi connectivity index (χ3v) is 3.64. The first kappa shape index (κ1) is 12.8. The van der Waals surface area contributed by atoms with E-state index in [1.165, 1.54) is 7.11 Å². The van der Waals surface area contributed by atoms with Gasteiger partial charge in [-0.25, -0.2) is 0 Å². The van der Waals surface area contributed by atoms with E-state index < -0.39 is 0 Å². The minimum atomic E-state index is -0.196. The fourth-order valence-electron chi connectivity index (χ4n) is 2.69. The number of hydrogen-bond acceptors (Lipinski definition) is 3. The maximum absolute atomic E-state index is 11.9. The molecule has 0 aromatic heterocycles. The Bertz CT molecular complexity index is 425. The largest absolute Gasteiger partial charge is 0.469 e. The Labute approximate surface area is 107 Å². The predicted octanol–water partition coefficient (Wildman–Crippen LogP) is 2.70. The predicted molar refractivity (Wildman–Crippen MR) is 68.2 cm³/mol. The molecule has 1 aromatic carbocycles. The third kappa shape index (κ3) is 2.78. The van der Waals surface area contributed by atoms with E-state index in [0.29, 0.717) is 12.8 Å². The lowest BCUT2D eigenvalue weighted by Crippen LogP contribution is -2.23. The van der Waals surface area contributed by atoms with Crippen LogP contribution in [-0.4, -0.2) is 18.9 Å². The minimum Gasteiger partial charge on any atom is -0.469 e. The molecule has 0 bridgehead atoms. The van der Waals surface area contributed by atoms with E-state index in [1.807, 2.05) is 30.3 Å². The van der Waals surface area contributed by atoms with E-state index in [1.54, 1.807) is 0 Å². The van der Waals surface area contributed by atoms with E-state index >= 15 is 0 Å². The summed E-state index contributed by atoms with van der Waals surface area (Å²) in [6.45, 7) is 0. The normalized spacial score (nSPS) is 24.4. The summed E-state index contributed by atoms with van der Waals surface area (Å²) in [6, 6.07) is 9.80. The lowest BCUT2D eigenvalue weighted by atomic mass is 9.82. The molecule has 2 rings (SSSR count). The fourth-order valence-corrected chi connectivity index (χ4v) is 2.69. The van der Waals surface area contributed by atoms with Crippen LogP contribution in [0.5, 0.6) is 0 Å². The summed E-state index contributed by atoms with van der Waals surface area (Å²) in [4.78, 5) is 23.6. The van der Waals surface area contributed by atoms with Gasteiger partial charge in [0.1, 0.15) is 5.78 Å². The van der Waals surface area contributed by atoms with Gasteiger partial charge in [-0.3, -0.25) is 9.59 Å². The molecular formula is C15H18O3. The number of carbonyl (C=O) groups is 2. The molecule has 0 aliphatic heterocycles. The zero-order valence-electron chi connectivity index (χ0n) is 10.6. The average Bonchev–Trinajstić information content (AvgIpc) is 2.60. The van der Waals surface area contributed by atoms with Crippen molar-refractivity contribution in [1.29, 1.82) is 0 Å². The Balaban J connectivity index is 2.30. The van der Waals surface area contributed by atoms with Gasteiger partial charge in [-0.15, -0.1) is 0 Å². The monoisotopic (exact) mass is 246 g/mol. The van der Waals surface area contributed by atoms with Crippen molar-refractivity contribution in [2.75, 3.05) is 7.11 Å². The van der Waals surface area contributed by atoms with E-state index in [4.69, 9.17) is 4.74 Å². The van der Waals surface area contributed by atoms with Gasteiger partial charge in [0.25, 0.3) is 0 Å². The van der Waals surface area contributed by atoms with Crippen molar-refractivity contribution < 1.29 is 14.3 Å².